The normalized spacial score (nSPS) is 10.0. The van der Waals surface area contributed by atoms with Gasteiger partial charge in [-0.15, -0.1) is 11.3 Å². The van der Waals surface area contributed by atoms with Gasteiger partial charge in [0.15, 0.2) is 0 Å². The van der Waals surface area contributed by atoms with Crippen LogP contribution in [0.15, 0.2) is 31.8 Å². The Morgan fingerprint density at radius 3 is 2.68 bits per heavy atom. The van der Waals surface area contributed by atoms with E-state index in [2.05, 4.69) is 37.2 Å². The van der Waals surface area contributed by atoms with Crippen LogP contribution in [0.1, 0.15) is 15.9 Å². The van der Waals surface area contributed by atoms with Gasteiger partial charge in [-0.25, -0.2) is 4.39 Å². The lowest BCUT2D eigenvalue weighted by Gasteiger charge is -2.06. The monoisotopic (exact) mass is 402 g/mol. The van der Waals surface area contributed by atoms with Crippen molar-refractivity contribution in [1.29, 1.82) is 5.26 Å². The summed E-state index contributed by atoms with van der Waals surface area (Å²) in [4.78, 5) is 12.0. The maximum Gasteiger partial charge on any atom is 0.257 e. The van der Waals surface area contributed by atoms with Crippen LogP contribution in [0.25, 0.3) is 0 Å². The van der Waals surface area contributed by atoms with E-state index in [0.717, 1.165) is 9.85 Å². The predicted octanol–water partition coefficient (Wildman–Crippen LogP) is 4.54. The number of carbonyl (C=O) groups is 1. The van der Waals surface area contributed by atoms with E-state index < -0.39 is 5.82 Å². The lowest BCUT2D eigenvalue weighted by molar-refractivity contribution is 0.102. The molecule has 1 amide bonds. The van der Waals surface area contributed by atoms with Crippen LogP contribution in [0.5, 0.6) is 0 Å². The van der Waals surface area contributed by atoms with Crippen LogP contribution in [-0.4, -0.2) is 5.91 Å². The molecule has 0 atom stereocenters. The molecule has 0 fully saturated rings. The number of amides is 1. The van der Waals surface area contributed by atoms with Crippen LogP contribution in [0.2, 0.25) is 0 Å². The maximum atomic E-state index is 13.0. The molecule has 2 aromatic rings. The summed E-state index contributed by atoms with van der Waals surface area (Å²) in [5.74, 6) is -0.883. The number of rotatable bonds is 2. The van der Waals surface area contributed by atoms with Crippen molar-refractivity contribution < 1.29 is 9.18 Å². The molecule has 1 N–H and O–H groups in total. The topological polar surface area (TPSA) is 52.9 Å². The number of nitrogens with zero attached hydrogens (tertiary/aromatic N) is 1. The Hall–Kier alpha value is -1.23. The van der Waals surface area contributed by atoms with Gasteiger partial charge in [-0.3, -0.25) is 4.79 Å². The summed E-state index contributed by atoms with van der Waals surface area (Å²) in [6.07, 6.45) is 0. The van der Waals surface area contributed by atoms with Crippen LogP contribution in [0.4, 0.5) is 10.1 Å². The van der Waals surface area contributed by atoms with E-state index >= 15 is 0 Å². The average molecular weight is 404 g/mol. The second-order valence-electron chi connectivity index (χ2n) is 3.49. The molecule has 0 aliphatic carbocycles. The highest BCUT2D eigenvalue weighted by Gasteiger charge is 2.15. The first kappa shape index (κ1) is 14.2. The highest BCUT2D eigenvalue weighted by atomic mass is 79.9. The van der Waals surface area contributed by atoms with Gasteiger partial charge < -0.3 is 5.32 Å². The fourth-order valence-electron chi connectivity index (χ4n) is 1.40. The SMILES string of the molecule is N#Cc1cc(F)ccc1NC(=O)c1cc(Br)sc1Br. The second kappa shape index (κ2) is 5.82. The van der Waals surface area contributed by atoms with E-state index in [-0.39, 0.29) is 17.2 Å². The molecule has 0 spiro atoms. The third-order valence-corrected chi connectivity index (χ3v) is 4.59. The zero-order chi connectivity index (χ0) is 14.0. The van der Waals surface area contributed by atoms with E-state index in [1.54, 1.807) is 6.07 Å². The molecular formula is C12H5Br2FN2OS. The van der Waals surface area contributed by atoms with E-state index in [1.807, 2.05) is 6.07 Å². The minimum atomic E-state index is -0.519. The van der Waals surface area contributed by atoms with Crippen molar-refractivity contribution >= 4 is 54.8 Å². The lowest BCUT2D eigenvalue weighted by Crippen LogP contribution is -2.12. The van der Waals surface area contributed by atoms with E-state index in [9.17, 15) is 9.18 Å². The van der Waals surface area contributed by atoms with Crippen molar-refractivity contribution in [3.63, 3.8) is 0 Å². The summed E-state index contributed by atoms with van der Waals surface area (Å²) in [6, 6.07) is 7.14. The summed E-state index contributed by atoms with van der Waals surface area (Å²) in [7, 11) is 0. The highest BCUT2D eigenvalue weighted by molar-refractivity contribution is 9.12. The molecule has 0 bridgehead atoms. The molecule has 2 rings (SSSR count). The molecule has 19 heavy (non-hydrogen) atoms. The number of carbonyl (C=O) groups excluding carboxylic acids is 1. The Morgan fingerprint density at radius 1 is 1.37 bits per heavy atom. The predicted molar refractivity (Wildman–Crippen MR) is 78.8 cm³/mol. The van der Waals surface area contributed by atoms with E-state index in [1.165, 1.54) is 23.5 Å². The first-order chi connectivity index (χ1) is 9.01. The van der Waals surface area contributed by atoms with Crippen LogP contribution >= 0.6 is 43.2 Å². The number of halogens is 3. The third kappa shape index (κ3) is 3.21. The van der Waals surface area contributed by atoms with Gasteiger partial charge in [0.25, 0.3) is 5.91 Å². The summed E-state index contributed by atoms with van der Waals surface area (Å²) >= 11 is 7.93. The first-order valence-electron chi connectivity index (χ1n) is 4.97. The lowest BCUT2D eigenvalue weighted by atomic mass is 10.2. The van der Waals surface area contributed by atoms with Gasteiger partial charge in [-0.1, -0.05) is 0 Å². The first-order valence-corrected chi connectivity index (χ1v) is 7.37. The van der Waals surface area contributed by atoms with Crippen molar-refractivity contribution in [2.45, 2.75) is 0 Å². The van der Waals surface area contributed by atoms with Crippen molar-refractivity contribution in [2.24, 2.45) is 0 Å². The largest absolute Gasteiger partial charge is 0.321 e. The van der Waals surface area contributed by atoms with Crippen molar-refractivity contribution in [3.05, 3.63) is 48.8 Å². The van der Waals surface area contributed by atoms with Crippen molar-refractivity contribution in [2.75, 3.05) is 5.32 Å². The summed E-state index contributed by atoms with van der Waals surface area (Å²) in [6.45, 7) is 0. The maximum absolute atomic E-state index is 13.0. The number of hydrogen-bond acceptors (Lipinski definition) is 3. The fourth-order valence-corrected chi connectivity index (χ4v) is 4.20. The van der Waals surface area contributed by atoms with E-state index in [4.69, 9.17) is 5.26 Å². The number of benzene rings is 1. The van der Waals surface area contributed by atoms with Crippen LogP contribution in [-0.2, 0) is 0 Å². The molecule has 0 saturated heterocycles. The number of nitriles is 1. The Morgan fingerprint density at radius 2 is 2.11 bits per heavy atom. The molecule has 96 valence electrons. The van der Waals surface area contributed by atoms with Gasteiger partial charge in [-0.2, -0.15) is 5.26 Å². The Balaban J connectivity index is 2.29. The van der Waals surface area contributed by atoms with E-state index in [0.29, 0.717) is 9.35 Å². The average Bonchev–Trinajstić information content (AvgIpc) is 2.70. The molecule has 0 aliphatic rings. The van der Waals surface area contributed by atoms with Crippen LogP contribution < -0.4 is 5.32 Å². The zero-order valence-electron chi connectivity index (χ0n) is 9.21. The fraction of sp³-hybridized carbons (Fsp3) is 0. The van der Waals surface area contributed by atoms with Crippen LogP contribution in [0, 0.1) is 17.1 Å². The molecule has 0 unspecified atom stereocenters. The number of anilines is 1. The number of thiophene rings is 1. The molecule has 0 aliphatic heterocycles. The van der Waals surface area contributed by atoms with Crippen LogP contribution in [0.3, 0.4) is 0 Å². The van der Waals surface area contributed by atoms with Gasteiger partial charge in [0.05, 0.1) is 24.4 Å². The molecule has 0 saturated carbocycles. The molecule has 1 aromatic heterocycles. The van der Waals surface area contributed by atoms with Gasteiger partial charge in [0.1, 0.15) is 11.9 Å². The van der Waals surface area contributed by atoms with Gasteiger partial charge in [0, 0.05) is 0 Å². The summed E-state index contributed by atoms with van der Waals surface area (Å²) in [5.41, 5.74) is 0.812. The molecule has 0 radical (unpaired) electrons. The van der Waals surface area contributed by atoms with Crippen molar-refractivity contribution in [3.8, 4) is 6.07 Å². The summed E-state index contributed by atoms with van der Waals surface area (Å²) in [5, 5.41) is 11.5. The number of nitrogens with one attached hydrogen (secondary N) is 1. The summed E-state index contributed by atoms with van der Waals surface area (Å²) < 4.78 is 14.5. The smallest absolute Gasteiger partial charge is 0.257 e. The van der Waals surface area contributed by atoms with Crippen molar-refractivity contribution in [1.82, 2.24) is 0 Å². The standard InChI is InChI=1S/C12H5Br2FN2OS/c13-10-4-8(11(14)19-10)12(18)17-9-2-1-7(15)3-6(9)5-16/h1-4H,(H,17,18). The molecule has 3 nitrogen and oxygen atoms in total. The second-order valence-corrected chi connectivity index (χ2v) is 7.24. The Labute approximate surface area is 129 Å². The Kier molecular flexibility index (Phi) is 4.34. The van der Waals surface area contributed by atoms with Gasteiger partial charge in [-0.05, 0) is 56.1 Å². The highest BCUT2D eigenvalue weighted by Crippen LogP contribution is 2.32. The molecule has 1 aromatic carbocycles. The zero-order valence-corrected chi connectivity index (χ0v) is 13.2. The quantitative estimate of drug-likeness (QED) is 0.800. The van der Waals surface area contributed by atoms with Gasteiger partial charge in [0.2, 0.25) is 0 Å². The molecule has 1 heterocycles. The minimum Gasteiger partial charge on any atom is -0.321 e. The molecular weight excluding hydrogens is 399 g/mol. The Bertz CT molecular complexity index is 694. The number of hydrogen-bond donors (Lipinski definition) is 1. The van der Waals surface area contributed by atoms with Gasteiger partial charge >= 0.3 is 0 Å². The third-order valence-electron chi connectivity index (χ3n) is 2.25. The minimum absolute atomic E-state index is 0.0822. The molecule has 7 heteroatoms.